The van der Waals surface area contributed by atoms with Gasteiger partial charge < -0.3 is 11.1 Å². The molecule has 0 amide bonds. The van der Waals surface area contributed by atoms with Gasteiger partial charge in [-0.2, -0.15) is 0 Å². The molecule has 0 bridgehead atoms. The van der Waals surface area contributed by atoms with Gasteiger partial charge in [-0.05, 0) is 57.7 Å². The first-order chi connectivity index (χ1) is 6.36. The van der Waals surface area contributed by atoms with Crippen LogP contribution in [0.15, 0.2) is 0 Å². The Hall–Kier alpha value is -0.0800. The van der Waals surface area contributed by atoms with Crippen molar-refractivity contribution in [2.75, 3.05) is 20.1 Å². The van der Waals surface area contributed by atoms with Crippen molar-refractivity contribution in [1.82, 2.24) is 5.32 Å². The fourth-order valence-electron chi connectivity index (χ4n) is 1.96. The van der Waals surface area contributed by atoms with Crippen LogP contribution in [0.4, 0.5) is 0 Å². The van der Waals surface area contributed by atoms with Crippen LogP contribution in [0, 0.1) is 11.8 Å². The summed E-state index contributed by atoms with van der Waals surface area (Å²) in [5.74, 6) is 1.74. The van der Waals surface area contributed by atoms with Crippen LogP contribution in [0.5, 0.6) is 0 Å². The Morgan fingerprint density at radius 3 is 1.92 bits per heavy atom. The van der Waals surface area contributed by atoms with Crippen LogP contribution < -0.4 is 11.1 Å². The van der Waals surface area contributed by atoms with Crippen molar-refractivity contribution >= 4 is 0 Å². The van der Waals surface area contributed by atoms with E-state index in [-0.39, 0.29) is 0 Å². The number of nitrogens with one attached hydrogen (secondary N) is 1. The van der Waals surface area contributed by atoms with E-state index in [0.29, 0.717) is 0 Å². The average molecular weight is 186 g/mol. The van der Waals surface area contributed by atoms with Gasteiger partial charge in [-0.15, -0.1) is 0 Å². The Balaban J connectivity index is 0.000000671. The molecule has 1 rings (SSSR count). The zero-order valence-electron chi connectivity index (χ0n) is 9.47. The molecule has 0 aromatic heterocycles. The van der Waals surface area contributed by atoms with Gasteiger partial charge in [0.1, 0.15) is 0 Å². The lowest BCUT2D eigenvalue weighted by atomic mass is 9.82. The molecule has 2 heteroatoms. The lowest BCUT2D eigenvalue weighted by Crippen LogP contribution is -2.26. The summed E-state index contributed by atoms with van der Waals surface area (Å²) in [5.41, 5.74) is 5.61. The van der Waals surface area contributed by atoms with Gasteiger partial charge in [-0.1, -0.05) is 13.8 Å². The Kier molecular flexibility index (Phi) is 8.46. The van der Waals surface area contributed by atoms with E-state index < -0.39 is 0 Å². The first-order valence-corrected chi connectivity index (χ1v) is 5.71. The third-order valence-electron chi connectivity index (χ3n) is 2.79. The highest BCUT2D eigenvalue weighted by molar-refractivity contribution is 4.73. The van der Waals surface area contributed by atoms with Gasteiger partial charge >= 0.3 is 0 Å². The van der Waals surface area contributed by atoms with Crippen molar-refractivity contribution in [2.45, 2.75) is 39.5 Å². The second-order valence-electron chi connectivity index (χ2n) is 3.68. The molecule has 0 unspecified atom stereocenters. The van der Waals surface area contributed by atoms with Crippen LogP contribution in [0.2, 0.25) is 0 Å². The van der Waals surface area contributed by atoms with Crippen molar-refractivity contribution in [3.63, 3.8) is 0 Å². The SMILES string of the molecule is CC.CNCC1CCC(CN)CC1. The molecule has 2 nitrogen and oxygen atoms in total. The maximum absolute atomic E-state index is 5.61. The van der Waals surface area contributed by atoms with Crippen LogP contribution in [0.1, 0.15) is 39.5 Å². The molecule has 0 heterocycles. The van der Waals surface area contributed by atoms with Gasteiger partial charge in [-0.3, -0.25) is 0 Å². The van der Waals surface area contributed by atoms with Gasteiger partial charge in [0, 0.05) is 0 Å². The highest BCUT2D eigenvalue weighted by Crippen LogP contribution is 2.27. The fraction of sp³-hybridized carbons (Fsp3) is 1.00. The van der Waals surface area contributed by atoms with E-state index in [9.17, 15) is 0 Å². The molecule has 1 saturated carbocycles. The third kappa shape index (κ3) is 5.27. The number of nitrogens with two attached hydrogens (primary N) is 1. The summed E-state index contributed by atoms with van der Waals surface area (Å²) in [7, 11) is 2.04. The quantitative estimate of drug-likeness (QED) is 0.707. The summed E-state index contributed by atoms with van der Waals surface area (Å²) in [4.78, 5) is 0. The zero-order chi connectivity index (χ0) is 10.1. The van der Waals surface area contributed by atoms with Gasteiger partial charge in [0.15, 0.2) is 0 Å². The van der Waals surface area contributed by atoms with E-state index in [1.807, 2.05) is 20.9 Å². The molecular formula is C11H26N2. The molecule has 1 fully saturated rings. The maximum atomic E-state index is 5.61. The largest absolute Gasteiger partial charge is 0.330 e. The smallest absolute Gasteiger partial charge is 0.00235 e. The van der Waals surface area contributed by atoms with E-state index in [1.165, 1.54) is 32.2 Å². The summed E-state index contributed by atoms with van der Waals surface area (Å²) >= 11 is 0. The monoisotopic (exact) mass is 186 g/mol. The second-order valence-corrected chi connectivity index (χ2v) is 3.68. The molecule has 1 aliphatic carbocycles. The zero-order valence-corrected chi connectivity index (χ0v) is 9.47. The van der Waals surface area contributed by atoms with Gasteiger partial charge in [0.25, 0.3) is 0 Å². The molecule has 13 heavy (non-hydrogen) atoms. The number of hydrogen-bond donors (Lipinski definition) is 2. The highest BCUT2D eigenvalue weighted by atomic mass is 14.8. The van der Waals surface area contributed by atoms with E-state index >= 15 is 0 Å². The average Bonchev–Trinajstić information content (AvgIpc) is 2.23. The summed E-state index contributed by atoms with van der Waals surface area (Å²) in [5, 5.41) is 3.24. The lowest BCUT2D eigenvalue weighted by molar-refractivity contribution is 0.276. The number of hydrogen-bond acceptors (Lipinski definition) is 2. The Morgan fingerprint density at radius 2 is 1.54 bits per heavy atom. The molecule has 0 aliphatic heterocycles. The van der Waals surface area contributed by atoms with Crippen molar-refractivity contribution in [1.29, 1.82) is 0 Å². The van der Waals surface area contributed by atoms with E-state index in [4.69, 9.17) is 5.73 Å². The van der Waals surface area contributed by atoms with Crippen LogP contribution >= 0.6 is 0 Å². The first-order valence-electron chi connectivity index (χ1n) is 5.71. The molecule has 0 spiro atoms. The standard InChI is InChI=1S/C9H20N2.C2H6/c1-11-7-9-4-2-8(6-10)3-5-9;1-2/h8-9,11H,2-7,10H2,1H3;1-2H3. The molecule has 0 radical (unpaired) electrons. The van der Waals surface area contributed by atoms with Crippen molar-refractivity contribution < 1.29 is 0 Å². The summed E-state index contributed by atoms with van der Waals surface area (Å²) in [6.07, 6.45) is 5.46. The first kappa shape index (κ1) is 12.9. The van der Waals surface area contributed by atoms with E-state index in [0.717, 1.165) is 18.4 Å². The molecule has 0 aromatic rings. The van der Waals surface area contributed by atoms with Crippen LogP contribution in [0.3, 0.4) is 0 Å². The van der Waals surface area contributed by atoms with E-state index in [1.54, 1.807) is 0 Å². The van der Waals surface area contributed by atoms with Gasteiger partial charge in [0.2, 0.25) is 0 Å². The summed E-state index contributed by atoms with van der Waals surface area (Å²) < 4.78 is 0. The van der Waals surface area contributed by atoms with Crippen LogP contribution in [-0.2, 0) is 0 Å². The van der Waals surface area contributed by atoms with Crippen molar-refractivity contribution in [3.8, 4) is 0 Å². The molecule has 0 atom stereocenters. The topological polar surface area (TPSA) is 38.0 Å². The van der Waals surface area contributed by atoms with Crippen LogP contribution in [-0.4, -0.2) is 20.1 Å². The Bertz CT molecular complexity index is 96.3. The third-order valence-corrected chi connectivity index (χ3v) is 2.79. The highest BCUT2D eigenvalue weighted by Gasteiger charge is 2.18. The van der Waals surface area contributed by atoms with Gasteiger partial charge in [-0.25, -0.2) is 0 Å². The molecule has 80 valence electrons. The number of rotatable bonds is 3. The molecule has 0 saturated heterocycles. The second kappa shape index (κ2) is 8.52. The molecule has 0 aromatic carbocycles. The summed E-state index contributed by atoms with van der Waals surface area (Å²) in [6.45, 7) is 6.09. The van der Waals surface area contributed by atoms with Crippen molar-refractivity contribution in [3.05, 3.63) is 0 Å². The summed E-state index contributed by atoms with van der Waals surface area (Å²) in [6, 6.07) is 0. The minimum atomic E-state index is 0.822. The molecular weight excluding hydrogens is 160 g/mol. The lowest BCUT2D eigenvalue weighted by Gasteiger charge is -2.27. The van der Waals surface area contributed by atoms with Gasteiger partial charge in [0.05, 0.1) is 0 Å². The Labute approximate surface area is 83.3 Å². The molecule has 1 aliphatic rings. The van der Waals surface area contributed by atoms with Crippen molar-refractivity contribution in [2.24, 2.45) is 17.6 Å². The molecule has 3 N–H and O–H groups in total. The Morgan fingerprint density at radius 1 is 1.08 bits per heavy atom. The fourth-order valence-corrected chi connectivity index (χ4v) is 1.96. The maximum Gasteiger partial charge on any atom is -0.00235 e. The van der Waals surface area contributed by atoms with E-state index in [2.05, 4.69) is 5.32 Å². The minimum Gasteiger partial charge on any atom is -0.330 e. The normalized spacial score (nSPS) is 27.7. The predicted octanol–water partition coefficient (Wildman–Crippen LogP) is 2.00. The minimum absolute atomic E-state index is 0.822. The predicted molar refractivity (Wildman–Crippen MR) is 59.8 cm³/mol. The van der Waals surface area contributed by atoms with Crippen LogP contribution in [0.25, 0.3) is 0 Å².